The molecule has 0 aromatic heterocycles. The molecule has 0 saturated heterocycles. The maximum absolute atomic E-state index is 12.7. The third-order valence-corrected chi connectivity index (χ3v) is 5.40. The summed E-state index contributed by atoms with van der Waals surface area (Å²) in [5, 5.41) is 15.6. The fourth-order valence-corrected chi connectivity index (χ4v) is 4.22. The first-order valence-corrected chi connectivity index (χ1v) is 9.94. The van der Waals surface area contributed by atoms with Gasteiger partial charge in [0.1, 0.15) is 17.1 Å². The summed E-state index contributed by atoms with van der Waals surface area (Å²) in [4.78, 5) is 12.7. The zero-order valence-corrected chi connectivity index (χ0v) is 17.0. The summed E-state index contributed by atoms with van der Waals surface area (Å²) in [6, 6.07) is 8.45. The SMILES string of the molecule is CC1(C)C[C@@H](NC(=O)Nc2cccc3c2C[C@H](O)C3)c2ccc(OC(F)(F)F)cc2O1. The average molecular weight is 436 g/mol. The molecule has 0 spiro atoms. The number of aliphatic hydroxyl groups excluding tert-OH is 1. The van der Waals surface area contributed by atoms with Gasteiger partial charge in [-0.1, -0.05) is 12.1 Å². The van der Waals surface area contributed by atoms with Crippen LogP contribution in [0.4, 0.5) is 23.7 Å². The third kappa shape index (κ3) is 4.87. The molecule has 1 aliphatic carbocycles. The molecule has 9 heteroatoms. The summed E-state index contributed by atoms with van der Waals surface area (Å²) in [5.41, 5.74) is 2.40. The molecule has 0 saturated carbocycles. The first-order chi connectivity index (χ1) is 14.5. The van der Waals surface area contributed by atoms with Crippen LogP contribution >= 0.6 is 0 Å². The maximum atomic E-state index is 12.7. The first-order valence-electron chi connectivity index (χ1n) is 9.94. The molecule has 0 unspecified atom stereocenters. The second-order valence-electron chi connectivity index (χ2n) is 8.47. The van der Waals surface area contributed by atoms with E-state index in [0.717, 1.165) is 11.1 Å². The summed E-state index contributed by atoms with van der Waals surface area (Å²) < 4.78 is 47.5. The fourth-order valence-electron chi connectivity index (χ4n) is 4.22. The molecule has 0 radical (unpaired) electrons. The Balaban J connectivity index is 1.53. The summed E-state index contributed by atoms with van der Waals surface area (Å²) >= 11 is 0. The first kappa shape index (κ1) is 21.3. The van der Waals surface area contributed by atoms with Crippen molar-refractivity contribution in [2.45, 2.75) is 57.2 Å². The van der Waals surface area contributed by atoms with Gasteiger partial charge in [-0.3, -0.25) is 0 Å². The fraction of sp³-hybridized carbons (Fsp3) is 0.409. The number of urea groups is 1. The number of benzene rings is 2. The Labute approximate surface area is 177 Å². The summed E-state index contributed by atoms with van der Waals surface area (Å²) in [6.45, 7) is 3.59. The zero-order chi connectivity index (χ0) is 22.4. The van der Waals surface area contributed by atoms with Crippen LogP contribution in [0.1, 0.15) is 43.0 Å². The number of hydrogen-bond acceptors (Lipinski definition) is 4. The third-order valence-electron chi connectivity index (χ3n) is 5.40. The molecule has 1 heterocycles. The van der Waals surface area contributed by atoms with Gasteiger partial charge in [-0.15, -0.1) is 13.2 Å². The van der Waals surface area contributed by atoms with Gasteiger partial charge in [0.2, 0.25) is 0 Å². The van der Waals surface area contributed by atoms with Crippen molar-refractivity contribution in [2.75, 3.05) is 5.32 Å². The van der Waals surface area contributed by atoms with Crippen LogP contribution in [-0.2, 0) is 12.8 Å². The number of fused-ring (bicyclic) bond motifs is 2. The number of rotatable bonds is 3. The highest BCUT2D eigenvalue weighted by atomic mass is 19.4. The molecule has 0 bridgehead atoms. The number of hydrogen-bond donors (Lipinski definition) is 3. The molecule has 31 heavy (non-hydrogen) atoms. The highest BCUT2D eigenvalue weighted by molar-refractivity contribution is 5.90. The number of amides is 2. The van der Waals surface area contributed by atoms with Gasteiger partial charge in [-0.05, 0) is 49.6 Å². The number of nitrogens with one attached hydrogen (secondary N) is 2. The minimum Gasteiger partial charge on any atom is -0.487 e. The monoisotopic (exact) mass is 436 g/mol. The summed E-state index contributed by atoms with van der Waals surface area (Å²) in [7, 11) is 0. The van der Waals surface area contributed by atoms with Gasteiger partial charge in [0.15, 0.2) is 0 Å². The van der Waals surface area contributed by atoms with Gasteiger partial charge in [-0.25, -0.2) is 4.79 Å². The molecule has 4 rings (SSSR count). The Morgan fingerprint density at radius 1 is 1.23 bits per heavy atom. The van der Waals surface area contributed by atoms with Crippen LogP contribution in [0, 0.1) is 0 Å². The van der Waals surface area contributed by atoms with E-state index >= 15 is 0 Å². The largest absolute Gasteiger partial charge is 0.573 e. The number of halogens is 3. The van der Waals surface area contributed by atoms with Crippen molar-refractivity contribution in [1.29, 1.82) is 0 Å². The van der Waals surface area contributed by atoms with Crippen molar-refractivity contribution in [3.63, 3.8) is 0 Å². The van der Waals surface area contributed by atoms with E-state index in [4.69, 9.17) is 4.74 Å². The second kappa shape index (κ2) is 7.64. The number of carbonyl (C=O) groups excluding carboxylic acids is 1. The van der Waals surface area contributed by atoms with E-state index in [9.17, 15) is 23.1 Å². The molecule has 2 atom stereocenters. The highest BCUT2D eigenvalue weighted by Gasteiger charge is 2.36. The zero-order valence-electron chi connectivity index (χ0n) is 17.0. The summed E-state index contributed by atoms with van der Waals surface area (Å²) in [5.74, 6) is -0.155. The molecule has 0 fully saturated rings. The Morgan fingerprint density at radius 3 is 2.74 bits per heavy atom. The van der Waals surface area contributed by atoms with Crippen LogP contribution in [-0.4, -0.2) is 29.2 Å². The molecule has 3 N–H and O–H groups in total. The second-order valence-corrected chi connectivity index (χ2v) is 8.47. The highest BCUT2D eigenvalue weighted by Crippen LogP contribution is 2.42. The van der Waals surface area contributed by atoms with Crippen molar-refractivity contribution in [2.24, 2.45) is 0 Å². The Bertz CT molecular complexity index is 1010. The molecular weight excluding hydrogens is 413 g/mol. The van der Waals surface area contributed by atoms with Gasteiger partial charge >= 0.3 is 12.4 Å². The van der Waals surface area contributed by atoms with Gasteiger partial charge in [0.25, 0.3) is 0 Å². The van der Waals surface area contributed by atoms with Gasteiger partial charge < -0.3 is 25.2 Å². The Morgan fingerprint density at radius 2 is 2.00 bits per heavy atom. The van der Waals surface area contributed by atoms with Gasteiger partial charge in [-0.2, -0.15) is 0 Å². The van der Waals surface area contributed by atoms with E-state index in [0.29, 0.717) is 30.5 Å². The Hall–Kier alpha value is -2.94. The number of aliphatic hydroxyl groups is 1. The molecule has 2 aromatic rings. The van der Waals surface area contributed by atoms with Crippen LogP contribution < -0.4 is 20.1 Å². The van der Waals surface area contributed by atoms with Gasteiger partial charge in [0, 0.05) is 30.2 Å². The predicted octanol–water partition coefficient (Wildman–Crippen LogP) is 4.47. The van der Waals surface area contributed by atoms with Crippen molar-refractivity contribution < 1.29 is 32.5 Å². The van der Waals surface area contributed by atoms with Crippen molar-refractivity contribution in [3.05, 3.63) is 53.1 Å². The van der Waals surface area contributed by atoms with E-state index < -0.39 is 30.1 Å². The lowest BCUT2D eigenvalue weighted by Gasteiger charge is -2.38. The van der Waals surface area contributed by atoms with Crippen LogP contribution in [0.5, 0.6) is 11.5 Å². The lowest BCUT2D eigenvalue weighted by atomic mass is 9.89. The van der Waals surface area contributed by atoms with E-state index in [-0.39, 0.29) is 11.5 Å². The van der Waals surface area contributed by atoms with Crippen molar-refractivity contribution in [3.8, 4) is 11.5 Å². The maximum Gasteiger partial charge on any atom is 0.573 e. The van der Waals surface area contributed by atoms with E-state index in [1.54, 1.807) is 19.9 Å². The van der Waals surface area contributed by atoms with E-state index in [1.165, 1.54) is 18.2 Å². The standard InChI is InChI=1S/C22H23F3N2O4/c1-21(2)11-18(15-7-6-14(10-19(15)31-21)30-22(23,24)25)27-20(29)26-17-5-3-4-12-8-13(28)9-16(12)17/h3-7,10,13,18,28H,8-9,11H2,1-2H3,(H2,26,27,29)/t13-,18-/m1/s1. The smallest absolute Gasteiger partial charge is 0.487 e. The predicted molar refractivity (Wildman–Crippen MR) is 107 cm³/mol. The van der Waals surface area contributed by atoms with E-state index in [1.807, 2.05) is 12.1 Å². The van der Waals surface area contributed by atoms with Crippen molar-refractivity contribution in [1.82, 2.24) is 5.32 Å². The number of ether oxygens (including phenoxy) is 2. The quantitative estimate of drug-likeness (QED) is 0.664. The van der Waals surface area contributed by atoms with Crippen LogP contribution in [0.2, 0.25) is 0 Å². The van der Waals surface area contributed by atoms with Crippen LogP contribution in [0.15, 0.2) is 36.4 Å². The molecule has 2 amide bonds. The normalized spacial score (nSPS) is 21.5. The van der Waals surface area contributed by atoms with Crippen LogP contribution in [0.3, 0.4) is 0 Å². The average Bonchev–Trinajstić information content (AvgIpc) is 3.00. The molecule has 1 aliphatic heterocycles. The van der Waals surface area contributed by atoms with Gasteiger partial charge in [0.05, 0.1) is 12.1 Å². The molecule has 166 valence electrons. The molecular formula is C22H23F3N2O4. The van der Waals surface area contributed by atoms with E-state index in [2.05, 4.69) is 15.4 Å². The topological polar surface area (TPSA) is 79.8 Å². The number of anilines is 1. The molecule has 2 aliphatic rings. The minimum absolute atomic E-state index is 0.229. The lowest BCUT2D eigenvalue weighted by Crippen LogP contribution is -2.42. The lowest BCUT2D eigenvalue weighted by molar-refractivity contribution is -0.274. The minimum atomic E-state index is -4.81. The molecule has 6 nitrogen and oxygen atoms in total. The Kier molecular flexibility index (Phi) is 5.25. The number of carbonyl (C=O) groups is 1. The van der Waals surface area contributed by atoms with Crippen molar-refractivity contribution >= 4 is 11.7 Å². The molecule has 2 aromatic carbocycles. The van der Waals surface area contributed by atoms with Crippen LogP contribution in [0.25, 0.3) is 0 Å². The number of alkyl halides is 3. The summed E-state index contributed by atoms with van der Waals surface area (Å²) in [6.07, 6.45) is -3.81.